The molecule has 0 saturated carbocycles. The first-order valence-corrected chi connectivity index (χ1v) is 4.68. The van der Waals surface area contributed by atoms with E-state index in [1.54, 1.807) is 0 Å². The quantitative estimate of drug-likeness (QED) is 0.496. The highest BCUT2D eigenvalue weighted by Crippen LogP contribution is 2.12. The molecule has 0 radical (unpaired) electrons. The third-order valence-electron chi connectivity index (χ3n) is 2.06. The van der Waals surface area contributed by atoms with Crippen LogP contribution >= 0.6 is 12.2 Å². The van der Waals surface area contributed by atoms with Crippen molar-refractivity contribution in [3.8, 4) is 0 Å². The highest BCUT2D eigenvalue weighted by Gasteiger charge is 2.32. The fourth-order valence-electron chi connectivity index (χ4n) is 1.29. The third-order valence-corrected chi connectivity index (χ3v) is 2.45. The number of amides is 3. The Morgan fingerprint density at radius 1 is 1.07 bits per heavy atom. The van der Waals surface area contributed by atoms with Gasteiger partial charge >= 0.3 is 0 Å². The van der Waals surface area contributed by atoms with Crippen molar-refractivity contribution in [1.29, 1.82) is 0 Å². The minimum atomic E-state index is -0.512. The van der Waals surface area contributed by atoms with Gasteiger partial charge in [-0.3, -0.25) is 14.4 Å². The number of thiocarbonyl (C=S) groups is 1. The highest BCUT2D eigenvalue weighted by atomic mass is 32.1. The molecule has 2 heterocycles. The highest BCUT2D eigenvalue weighted by molar-refractivity contribution is 7.80. The van der Waals surface area contributed by atoms with Gasteiger partial charge in [0.1, 0.15) is 4.99 Å². The van der Waals surface area contributed by atoms with Crippen molar-refractivity contribution in [1.82, 2.24) is 15.6 Å². The normalized spacial score (nSPS) is 21.1. The zero-order chi connectivity index (χ0) is 11.0. The summed E-state index contributed by atoms with van der Waals surface area (Å²) < 4.78 is 0. The van der Waals surface area contributed by atoms with Gasteiger partial charge < -0.3 is 0 Å². The summed E-state index contributed by atoms with van der Waals surface area (Å²) in [5.74, 6) is -1.27. The maximum Gasteiger partial charge on any atom is 0.269 e. The van der Waals surface area contributed by atoms with E-state index in [2.05, 4.69) is 5.53 Å². The summed E-state index contributed by atoms with van der Waals surface area (Å²) in [7, 11) is 0. The minimum absolute atomic E-state index is 0.243. The van der Waals surface area contributed by atoms with E-state index in [1.165, 1.54) is 0 Å². The number of carbonyl (C=O) groups excluding carboxylic acids is 3. The first-order valence-electron chi connectivity index (χ1n) is 4.28. The Kier molecular flexibility index (Phi) is 2.33. The lowest BCUT2D eigenvalue weighted by Gasteiger charge is -2.22. The molecule has 2 aliphatic rings. The fraction of sp³-hybridized carbons (Fsp3) is 0.250. The van der Waals surface area contributed by atoms with Gasteiger partial charge in [-0.25, -0.2) is 5.01 Å². The van der Waals surface area contributed by atoms with Crippen LogP contribution in [-0.2, 0) is 14.4 Å². The maximum atomic E-state index is 11.3. The molecule has 0 atom stereocenters. The molecule has 7 heteroatoms. The van der Waals surface area contributed by atoms with E-state index in [1.807, 2.05) is 0 Å². The molecule has 0 aromatic heterocycles. The lowest BCUT2D eigenvalue weighted by Crippen LogP contribution is -2.54. The topological polar surface area (TPSA) is 69.7 Å². The predicted molar refractivity (Wildman–Crippen MR) is 52.8 cm³/mol. The maximum absolute atomic E-state index is 11.3. The monoisotopic (exact) mass is 225 g/mol. The van der Waals surface area contributed by atoms with E-state index in [-0.39, 0.29) is 5.91 Å². The van der Waals surface area contributed by atoms with Crippen LogP contribution in [0.2, 0.25) is 0 Å². The van der Waals surface area contributed by atoms with Gasteiger partial charge in [-0.2, -0.15) is 5.01 Å². The molecule has 1 fully saturated rings. The van der Waals surface area contributed by atoms with E-state index in [0.717, 1.165) is 22.2 Å². The number of imide groups is 1. The second kappa shape index (κ2) is 3.52. The van der Waals surface area contributed by atoms with Crippen LogP contribution < -0.4 is 5.53 Å². The van der Waals surface area contributed by atoms with Crippen molar-refractivity contribution in [2.45, 2.75) is 12.8 Å². The van der Waals surface area contributed by atoms with Gasteiger partial charge in [0, 0.05) is 25.0 Å². The van der Waals surface area contributed by atoms with Gasteiger partial charge in [-0.05, 0) is 0 Å². The van der Waals surface area contributed by atoms with Crippen molar-refractivity contribution >= 4 is 34.9 Å². The van der Waals surface area contributed by atoms with Crippen LogP contribution in [-0.4, -0.2) is 32.7 Å². The van der Waals surface area contributed by atoms with Crippen LogP contribution in [0.15, 0.2) is 12.2 Å². The Morgan fingerprint density at radius 3 is 2.13 bits per heavy atom. The van der Waals surface area contributed by atoms with Crippen LogP contribution in [0.1, 0.15) is 12.8 Å². The number of rotatable bonds is 2. The summed E-state index contributed by atoms with van der Waals surface area (Å²) in [4.78, 5) is 34.0. The Balaban J connectivity index is 2.09. The van der Waals surface area contributed by atoms with Crippen molar-refractivity contribution < 1.29 is 14.4 Å². The number of nitrogens with zero attached hydrogens (tertiary/aromatic N) is 2. The Bertz CT molecular complexity index is 370. The van der Waals surface area contributed by atoms with Gasteiger partial charge in [-0.15, -0.1) is 5.53 Å². The molecule has 0 aromatic rings. The summed E-state index contributed by atoms with van der Waals surface area (Å²) in [6.07, 6.45) is 3.01. The molecule has 2 aliphatic heterocycles. The van der Waals surface area contributed by atoms with Gasteiger partial charge in [0.15, 0.2) is 0 Å². The summed E-state index contributed by atoms with van der Waals surface area (Å²) >= 11 is 4.90. The van der Waals surface area contributed by atoms with Crippen molar-refractivity contribution in [3.05, 3.63) is 12.2 Å². The van der Waals surface area contributed by atoms with Gasteiger partial charge in [0.25, 0.3) is 11.8 Å². The van der Waals surface area contributed by atoms with Crippen molar-refractivity contribution in [2.75, 3.05) is 0 Å². The van der Waals surface area contributed by atoms with Crippen LogP contribution in [0.25, 0.3) is 0 Å². The Labute approximate surface area is 90.4 Å². The van der Waals surface area contributed by atoms with E-state index in [4.69, 9.17) is 12.2 Å². The molecular weight excluding hydrogens is 218 g/mol. The van der Waals surface area contributed by atoms with Crippen LogP contribution in [0.5, 0.6) is 0 Å². The summed E-state index contributed by atoms with van der Waals surface area (Å²) in [6.45, 7) is 0. The molecule has 1 saturated heterocycles. The molecule has 0 aromatic carbocycles. The number of hydrogen-bond acceptors (Lipinski definition) is 5. The smallest absolute Gasteiger partial charge is 0.269 e. The van der Waals surface area contributed by atoms with Gasteiger partial charge in [0.2, 0.25) is 5.91 Å². The standard InChI is InChI=1S/C8H7N3O3S/c12-5-1-2-6(13)10(5)9-11-7(14)3-4-8(11)15/h1-2,9H,3-4H2. The lowest BCUT2D eigenvalue weighted by atomic mass is 10.4. The number of carbonyl (C=O) groups is 3. The molecule has 0 unspecified atom stereocenters. The van der Waals surface area contributed by atoms with E-state index in [0.29, 0.717) is 17.8 Å². The summed E-state index contributed by atoms with van der Waals surface area (Å²) in [5.41, 5.74) is 2.39. The fourth-order valence-corrected chi connectivity index (χ4v) is 1.53. The molecule has 3 amide bonds. The first-order chi connectivity index (χ1) is 7.09. The van der Waals surface area contributed by atoms with Crippen molar-refractivity contribution in [3.63, 3.8) is 0 Å². The number of hydrogen-bond donors (Lipinski definition) is 1. The largest absolute Gasteiger partial charge is 0.273 e. The molecule has 2 rings (SSSR count). The Hall–Kier alpha value is -1.60. The molecule has 15 heavy (non-hydrogen) atoms. The molecule has 0 aliphatic carbocycles. The summed E-state index contributed by atoms with van der Waals surface area (Å²) in [5, 5.41) is 1.80. The molecule has 78 valence electrons. The van der Waals surface area contributed by atoms with Crippen molar-refractivity contribution in [2.24, 2.45) is 0 Å². The molecule has 0 bridgehead atoms. The molecule has 1 N–H and O–H groups in total. The van der Waals surface area contributed by atoms with E-state index >= 15 is 0 Å². The third kappa shape index (κ3) is 1.66. The SMILES string of the molecule is O=C1C=CC(=O)N1NN1C(=O)CCC1=S. The predicted octanol–water partition coefficient (Wildman–Crippen LogP) is -0.719. The Morgan fingerprint density at radius 2 is 1.67 bits per heavy atom. The van der Waals surface area contributed by atoms with E-state index < -0.39 is 11.8 Å². The first kappa shape index (κ1) is 9.94. The van der Waals surface area contributed by atoms with Gasteiger partial charge in [0.05, 0.1) is 0 Å². The number of hydrazine groups is 2. The minimum Gasteiger partial charge on any atom is -0.273 e. The zero-order valence-corrected chi connectivity index (χ0v) is 8.41. The number of nitrogens with one attached hydrogen (secondary N) is 1. The van der Waals surface area contributed by atoms with Crippen LogP contribution in [0, 0.1) is 0 Å². The molecular formula is C8H7N3O3S. The average Bonchev–Trinajstić information content (AvgIpc) is 2.67. The van der Waals surface area contributed by atoms with Gasteiger partial charge in [-0.1, -0.05) is 12.2 Å². The average molecular weight is 225 g/mol. The summed E-state index contributed by atoms with van der Waals surface area (Å²) in [6, 6.07) is 0. The second-order valence-electron chi connectivity index (χ2n) is 3.07. The van der Waals surface area contributed by atoms with Crippen LogP contribution in [0.4, 0.5) is 0 Å². The second-order valence-corrected chi connectivity index (χ2v) is 3.54. The van der Waals surface area contributed by atoms with E-state index in [9.17, 15) is 14.4 Å². The van der Waals surface area contributed by atoms with Crippen LogP contribution in [0.3, 0.4) is 0 Å². The molecule has 6 nitrogen and oxygen atoms in total. The zero-order valence-electron chi connectivity index (χ0n) is 7.60. The lowest BCUT2D eigenvalue weighted by molar-refractivity contribution is -0.147. The molecule has 0 spiro atoms.